The lowest BCUT2D eigenvalue weighted by atomic mass is 10.2. The molecule has 0 radical (unpaired) electrons. The number of anilines is 1. The van der Waals surface area contributed by atoms with Crippen molar-refractivity contribution in [3.63, 3.8) is 0 Å². The lowest BCUT2D eigenvalue weighted by Gasteiger charge is -2.14. The molecule has 142 valence electrons. The quantitative estimate of drug-likeness (QED) is 0.694. The number of ether oxygens (including phenoxy) is 2. The largest absolute Gasteiger partial charge is 0.484 e. The summed E-state index contributed by atoms with van der Waals surface area (Å²) in [7, 11) is 0. The fourth-order valence-corrected chi connectivity index (χ4v) is 2.15. The van der Waals surface area contributed by atoms with E-state index in [1.165, 1.54) is 6.92 Å². The van der Waals surface area contributed by atoms with E-state index in [1.54, 1.807) is 36.4 Å². The van der Waals surface area contributed by atoms with E-state index in [-0.39, 0.29) is 13.2 Å². The van der Waals surface area contributed by atoms with Crippen LogP contribution in [0.3, 0.4) is 0 Å². The van der Waals surface area contributed by atoms with Gasteiger partial charge in [-0.15, -0.1) is 0 Å². The molecule has 0 heterocycles. The van der Waals surface area contributed by atoms with Gasteiger partial charge in [-0.1, -0.05) is 30.3 Å². The minimum atomic E-state index is -0.990. The summed E-state index contributed by atoms with van der Waals surface area (Å²) in [4.78, 5) is 35.5. The number of esters is 1. The molecule has 0 spiro atoms. The van der Waals surface area contributed by atoms with Crippen molar-refractivity contribution < 1.29 is 23.9 Å². The van der Waals surface area contributed by atoms with Gasteiger partial charge in [0.25, 0.3) is 11.8 Å². The molecule has 0 aliphatic rings. The molecule has 1 atom stereocenters. The Kier molecular flexibility index (Phi) is 7.37. The molecule has 7 heteroatoms. The van der Waals surface area contributed by atoms with E-state index < -0.39 is 23.9 Å². The first-order valence-corrected chi connectivity index (χ1v) is 8.45. The number of carbonyl (C=O) groups is 3. The van der Waals surface area contributed by atoms with Crippen LogP contribution in [0.15, 0.2) is 54.6 Å². The molecule has 2 amide bonds. The number of amides is 2. The fraction of sp³-hybridized carbons (Fsp3) is 0.250. The van der Waals surface area contributed by atoms with Gasteiger partial charge in [-0.25, -0.2) is 0 Å². The first kappa shape index (κ1) is 20.0. The second-order valence-corrected chi connectivity index (χ2v) is 5.87. The number of para-hydroxylation sites is 1. The topological polar surface area (TPSA) is 93.7 Å². The molecule has 0 aromatic heterocycles. The zero-order valence-electron chi connectivity index (χ0n) is 15.2. The van der Waals surface area contributed by atoms with Crippen LogP contribution < -0.4 is 15.4 Å². The number of benzene rings is 2. The predicted octanol–water partition coefficient (Wildman–Crippen LogP) is 2.06. The third-order valence-corrected chi connectivity index (χ3v) is 3.51. The maximum atomic E-state index is 12.1. The third kappa shape index (κ3) is 7.19. The van der Waals surface area contributed by atoms with Crippen molar-refractivity contribution in [3.8, 4) is 5.75 Å². The molecule has 2 N–H and O–H groups in total. The summed E-state index contributed by atoms with van der Waals surface area (Å²) >= 11 is 0. The van der Waals surface area contributed by atoms with Gasteiger partial charge >= 0.3 is 5.97 Å². The van der Waals surface area contributed by atoms with Crippen molar-refractivity contribution in [2.75, 3.05) is 18.5 Å². The molecule has 2 aromatic rings. The molecule has 2 aromatic carbocycles. The molecule has 0 saturated carbocycles. The van der Waals surface area contributed by atoms with Gasteiger partial charge in [0.2, 0.25) is 0 Å². The number of carbonyl (C=O) groups excluding carboxylic acids is 3. The highest BCUT2D eigenvalue weighted by atomic mass is 16.5. The second-order valence-electron chi connectivity index (χ2n) is 5.87. The smallest absolute Gasteiger partial charge is 0.326 e. The minimum absolute atomic E-state index is 0.222. The highest BCUT2D eigenvalue weighted by molar-refractivity contribution is 5.95. The van der Waals surface area contributed by atoms with E-state index in [0.717, 1.165) is 5.56 Å². The second kappa shape index (κ2) is 9.96. The molecule has 0 saturated heterocycles. The van der Waals surface area contributed by atoms with Crippen molar-refractivity contribution >= 4 is 23.5 Å². The summed E-state index contributed by atoms with van der Waals surface area (Å²) in [5.41, 5.74) is 1.62. The van der Waals surface area contributed by atoms with Crippen LogP contribution in [0, 0.1) is 6.92 Å². The Morgan fingerprint density at radius 2 is 1.78 bits per heavy atom. The Bertz CT molecular complexity index is 792. The van der Waals surface area contributed by atoms with Crippen LogP contribution in [0.5, 0.6) is 5.75 Å². The van der Waals surface area contributed by atoms with Crippen molar-refractivity contribution in [1.29, 1.82) is 0 Å². The normalized spacial score (nSPS) is 11.2. The Labute approximate surface area is 157 Å². The summed E-state index contributed by atoms with van der Waals surface area (Å²) in [6.45, 7) is 2.80. The Morgan fingerprint density at radius 1 is 1.04 bits per heavy atom. The molecule has 0 fully saturated rings. The van der Waals surface area contributed by atoms with Crippen molar-refractivity contribution in [2.45, 2.75) is 20.0 Å². The average molecular weight is 370 g/mol. The van der Waals surface area contributed by atoms with E-state index in [0.29, 0.717) is 11.4 Å². The van der Waals surface area contributed by atoms with E-state index in [2.05, 4.69) is 10.6 Å². The number of hydrogen-bond acceptors (Lipinski definition) is 5. The average Bonchev–Trinajstić information content (AvgIpc) is 2.65. The van der Waals surface area contributed by atoms with Gasteiger partial charge in [0.05, 0.1) is 0 Å². The van der Waals surface area contributed by atoms with Gasteiger partial charge in [-0.05, 0) is 43.7 Å². The van der Waals surface area contributed by atoms with Crippen molar-refractivity contribution in [3.05, 3.63) is 60.2 Å². The summed E-state index contributed by atoms with van der Waals surface area (Å²) in [6, 6.07) is 16.1. The van der Waals surface area contributed by atoms with Crippen LogP contribution in [-0.2, 0) is 19.1 Å². The Morgan fingerprint density at radius 3 is 2.48 bits per heavy atom. The molecule has 0 unspecified atom stereocenters. The van der Waals surface area contributed by atoms with Gasteiger partial charge < -0.3 is 20.1 Å². The van der Waals surface area contributed by atoms with Crippen LogP contribution >= 0.6 is 0 Å². The third-order valence-electron chi connectivity index (χ3n) is 3.51. The van der Waals surface area contributed by atoms with Crippen LogP contribution in [0.4, 0.5) is 5.69 Å². The summed E-state index contributed by atoms with van der Waals surface area (Å²) in [6.07, 6.45) is -0.990. The van der Waals surface area contributed by atoms with Crippen LogP contribution in [0.25, 0.3) is 0 Å². The van der Waals surface area contributed by atoms with Crippen LogP contribution in [0.2, 0.25) is 0 Å². The molecular weight excluding hydrogens is 348 g/mol. The lowest BCUT2D eigenvalue weighted by molar-refractivity contribution is -0.152. The first-order valence-electron chi connectivity index (χ1n) is 8.45. The Balaban J connectivity index is 1.69. The predicted molar refractivity (Wildman–Crippen MR) is 100 cm³/mol. The number of hydrogen-bond donors (Lipinski definition) is 2. The van der Waals surface area contributed by atoms with E-state index in [4.69, 9.17) is 9.47 Å². The maximum Gasteiger partial charge on any atom is 0.326 e. The molecular formula is C20H22N2O5. The van der Waals surface area contributed by atoms with Gasteiger partial charge in [0.1, 0.15) is 12.3 Å². The molecule has 0 bridgehead atoms. The van der Waals surface area contributed by atoms with Crippen molar-refractivity contribution in [2.24, 2.45) is 0 Å². The summed E-state index contributed by atoms with van der Waals surface area (Å²) < 4.78 is 10.3. The van der Waals surface area contributed by atoms with E-state index in [1.807, 2.05) is 25.1 Å². The molecule has 27 heavy (non-hydrogen) atoms. The van der Waals surface area contributed by atoms with Gasteiger partial charge in [-0.2, -0.15) is 0 Å². The zero-order valence-corrected chi connectivity index (χ0v) is 15.2. The molecule has 7 nitrogen and oxygen atoms in total. The minimum Gasteiger partial charge on any atom is -0.484 e. The van der Waals surface area contributed by atoms with E-state index in [9.17, 15) is 14.4 Å². The van der Waals surface area contributed by atoms with Crippen molar-refractivity contribution in [1.82, 2.24) is 5.32 Å². The zero-order chi connectivity index (χ0) is 19.6. The molecule has 0 aliphatic heterocycles. The number of rotatable bonds is 8. The van der Waals surface area contributed by atoms with Gasteiger partial charge in [0, 0.05) is 5.69 Å². The Hall–Kier alpha value is -3.35. The maximum absolute atomic E-state index is 12.1. The van der Waals surface area contributed by atoms with Gasteiger partial charge in [-0.3, -0.25) is 14.4 Å². The molecule has 0 aliphatic carbocycles. The number of nitrogens with one attached hydrogen (secondary N) is 2. The molecule has 2 rings (SSSR count). The lowest BCUT2D eigenvalue weighted by Crippen LogP contribution is -2.37. The SMILES string of the molecule is Cc1cccc(NC(=O)[C@@H](C)OC(=O)CNC(=O)COc2ccccc2)c1. The monoisotopic (exact) mass is 370 g/mol. The summed E-state index contributed by atoms with van der Waals surface area (Å²) in [5.74, 6) is -1.08. The standard InChI is InChI=1S/C20H22N2O5/c1-14-7-6-8-16(11-14)22-20(25)15(2)27-19(24)12-21-18(23)13-26-17-9-4-3-5-10-17/h3-11,15H,12-13H2,1-2H3,(H,21,23)(H,22,25)/t15-/m1/s1. The highest BCUT2D eigenvalue weighted by Gasteiger charge is 2.18. The first-order chi connectivity index (χ1) is 12.9. The van der Waals surface area contributed by atoms with Crippen LogP contribution in [-0.4, -0.2) is 37.0 Å². The van der Waals surface area contributed by atoms with Crippen LogP contribution in [0.1, 0.15) is 12.5 Å². The van der Waals surface area contributed by atoms with Gasteiger partial charge in [0.15, 0.2) is 12.7 Å². The fourth-order valence-electron chi connectivity index (χ4n) is 2.15. The highest BCUT2D eigenvalue weighted by Crippen LogP contribution is 2.10. The number of aryl methyl sites for hydroxylation is 1. The van der Waals surface area contributed by atoms with E-state index >= 15 is 0 Å². The summed E-state index contributed by atoms with van der Waals surface area (Å²) in [5, 5.41) is 5.05.